The van der Waals surface area contributed by atoms with Gasteiger partial charge in [-0.1, -0.05) is 36.0 Å². The van der Waals surface area contributed by atoms with Crippen molar-refractivity contribution in [1.29, 1.82) is 0 Å². The molecule has 1 atom stereocenters. The molecule has 0 aliphatic rings. The number of aromatic nitrogens is 2. The highest BCUT2D eigenvalue weighted by atomic mass is 32.2. The second-order valence-electron chi connectivity index (χ2n) is 6.27. The monoisotopic (exact) mass is 369 g/mol. The summed E-state index contributed by atoms with van der Waals surface area (Å²) in [4.78, 5) is 16.9. The Hall–Kier alpha value is -2.31. The number of rotatable bonds is 7. The van der Waals surface area contributed by atoms with E-state index >= 15 is 0 Å². The fraction of sp³-hybridized carbons (Fsp3) is 0.300. The summed E-state index contributed by atoms with van der Waals surface area (Å²) >= 11 is 1.44. The number of para-hydroxylation sites is 2. The molecule has 1 aromatic heterocycles. The third-order valence-corrected chi connectivity index (χ3v) is 4.88. The number of hydrogen-bond donors (Lipinski definition) is 1. The lowest BCUT2D eigenvalue weighted by molar-refractivity contribution is -0.119. The molecule has 1 N–H and O–H groups in total. The van der Waals surface area contributed by atoms with E-state index in [1.54, 1.807) is 7.11 Å². The molecule has 1 amide bonds. The molecule has 0 spiro atoms. The van der Waals surface area contributed by atoms with Crippen LogP contribution in [0.15, 0.2) is 53.7 Å². The van der Waals surface area contributed by atoms with Gasteiger partial charge in [-0.25, -0.2) is 4.98 Å². The number of hydrogen-bond acceptors (Lipinski definition) is 4. The molecule has 5 nitrogen and oxygen atoms in total. The number of nitrogens with one attached hydrogen (secondary N) is 1. The molecule has 0 saturated carbocycles. The highest BCUT2D eigenvalue weighted by Crippen LogP contribution is 2.28. The normalized spacial score (nSPS) is 12.3. The zero-order valence-electron chi connectivity index (χ0n) is 15.2. The van der Waals surface area contributed by atoms with Gasteiger partial charge in [-0.3, -0.25) is 9.36 Å². The van der Waals surface area contributed by atoms with E-state index in [-0.39, 0.29) is 11.9 Å². The van der Waals surface area contributed by atoms with E-state index in [0.717, 1.165) is 21.9 Å². The number of methoxy groups -OCH3 is 1. The Morgan fingerprint density at radius 1 is 1.27 bits per heavy atom. The van der Waals surface area contributed by atoms with Crippen molar-refractivity contribution in [2.24, 2.45) is 0 Å². The lowest BCUT2D eigenvalue weighted by Crippen LogP contribution is -2.36. The number of carbonyl (C=O) groups is 1. The summed E-state index contributed by atoms with van der Waals surface area (Å²) in [5.41, 5.74) is 4.19. The van der Waals surface area contributed by atoms with Gasteiger partial charge in [0.05, 0.1) is 23.4 Å². The molecule has 136 valence electrons. The topological polar surface area (TPSA) is 56.1 Å². The third-order valence-electron chi connectivity index (χ3n) is 3.95. The minimum atomic E-state index is -0.0256. The van der Waals surface area contributed by atoms with E-state index < -0.39 is 0 Å². The fourth-order valence-electron chi connectivity index (χ4n) is 2.86. The molecule has 0 aliphatic carbocycles. The first-order chi connectivity index (χ1) is 12.6. The van der Waals surface area contributed by atoms with Crippen LogP contribution in [0, 0.1) is 6.92 Å². The van der Waals surface area contributed by atoms with Crippen LogP contribution in [0.4, 0.5) is 0 Å². The summed E-state index contributed by atoms with van der Waals surface area (Å²) < 4.78 is 7.17. The van der Waals surface area contributed by atoms with Crippen LogP contribution in [0.2, 0.25) is 0 Å². The van der Waals surface area contributed by atoms with E-state index in [1.807, 2.05) is 31.2 Å². The van der Waals surface area contributed by atoms with Crippen molar-refractivity contribution in [1.82, 2.24) is 14.9 Å². The Balaban J connectivity index is 1.86. The van der Waals surface area contributed by atoms with Crippen LogP contribution in [-0.4, -0.2) is 41.0 Å². The molecule has 0 aliphatic heterocycles. The minimum absolute atomic E-state index is 0.0105. The summed E-state index contributed by atoms with van der Waals surface area (Å²) in [7, 11) is 1.63. The van der Waals surface area contributed by atoms with Crippen LogP contribution >= 0.6 is 11.8 Å². The maximum Gasteiger partial charge on any atom is 0.230 e. The van der Waals surface area contributed by atoms with Crippen molar-refractivity contribution < 1.29 is 9.53 Å². The molecule has 0 bridgehead atoms. The summed E-state index contributed by atoms with van der Waals surface area (Å²) in [5.74, 6) is 0.283. The SMILES string of the molecule is COC[C@@H](C)NC(=O)CSc1nc2ccccc2n1-c1cccc(C)c1. The number of fused-ring (bicyclic) bond motifs is 1. The van der Waals surface area contributed by atoms with Crippen molar-refractivity contribution in [3.05, 3.63) is 54.1 Å². The maximum absolute atomic E-state index is 12.2. The van der Waals surface area contributed by atoms with E-state index in [2.05, 4.69) is 41.1 Å². The maximum atomic E-state index is 12.2. The smallest absolute Gasteiger partial charge is 0.230 e. The van der Waals surface area contributed by atoms with Gasteiger partial charge in [-0.15, -0.1) is 0 Å². The van der Waals surface area contributed by atoms with Crippen LogP contribution in [0.5, 0.6) is 0 Å². The van der Waals surface area contributed by atoms with Crippen molar-refractivity contribution in [2.45, 2.75) is 25.0 Å². The van der Waals surface area contributed by atoms with Gasteiger partial charge in [0.1, 0.15) is 0 Å². The van der Waals surface area contributed by atoms with E-state index in [0.29, 0.717) is 12.4 Å². The molecular formula is C20H23N3O2S. The molecule has 26 heavy (non-hydrogen) atoms. The van der Waals surface area contributed by atoms with Crippen LogP contribution in [-0.2, 0) is 9.53 Å². The van der Waals surface area contributed by atoms with Crippen LogP contribution in [0.1, 0.15) is 12.5 Å². The fourth-order valence-corrected chi connectivity index (χ4v) is 3.69. The Morgan fingerprint density at radius 2 is 2.08 bits per heavy atom. The van der Waals surface area contributed by atoms with Crippen LogP contribution in [0.3, 0.4) is 0 Å². The van der Waals surface area contributed by atoms with Crippen LogP contribution < -0.4 is 5.32 Å². The average Bonchev–Trinajstić information content (AvgIpc) is 2.98. The first kappa shape index (κ1) is 18.5. The standard InChI is InChI=1S/C20H23N3O2S/c1-14-7-6-8-16(11-14)23-18-10-5-4-9-17(18)22-20(23)26-13-19(24)21-15(2)12-25-3/h4-11,15H,12-13H2,1-3H3,(H,21,24)/t15-/m1/s1. The second-order valence-corrected chi connectivity index (χ2v) is 7.21. The van der Waals surface area contributed by atoms with Gasteiger partial charge in [0.2, 0.25) is 5.91 Å². The molecule has 3 rings (SSSR count). The van der Waals surface area contributed by atoms with Gasteiger partial charge >= 0.3 is 0 Å². The molecule has 1 heterocycles. The second kappa shape index (κ2) is 8.38. The number of carbonyl (C=O) groups excluding carboxylic acids is 1. The summed E-state index contributed by atoms with van der Waals surface area (Å²) in [6.07, 6.45) is 0. The quantitative estimate of drug-likeness (QED) is 0.647. The zero-order valence-corrected chi connectivity index (χ0v) is 16.0. The molecule has 0 saturated heterocycles. The molecule has 3 aromatic rings. The number of amides is 1. The first-order valence-corrected chi connectivity index (χ1v) is 9.52. The van der Waals surface area contributed by atoms with Crippen molar-refractivity contribution in [3.8, 4) is 5.69 Å². The Labute approximate surface area is 157 Å². The van der Waals surface area contributed by atoms with Gasteiger partial charge in [-0.05, 0) is 43.7 Å². The average molecular weight is 369 g/mol. The van der Waals surface area contributed by atoms with E-state index in [1.165, 1.54) is 17.3 Å². The zero-order chi connectivity index (χ0) is 18.5. The highest BCUT2D eigenvalue weighted by molar-refractivity contribution is 7.99. The number of thioether (sulfide) groups is 1. The van der Waals surface area contributed by atoms with Gasteiger partial charge in [-0.2, -0.15) is 0 Å². The predicted molar refractivity (Wildman–Crippen MR) is 106 cm³/mol. The largest absolute Gasteiger partial charge is 0.383 e. The number of imidazole rings is 1. The molecule has 0 unspecified atom stereocenters. The molecule has 0 radical (unpaired) electrons. The van der Waals surface area contributed by atoms with Gasteiger partial charge < -0.3 is 10.1 Å². The third kappa shape index (κ3) is 4.26. The lowest BCUT2D eigenvalue weighted by atomic mass is 10.2. The Bertz CT molecular complexity index is 907. The number of aryl methyl sites for hydroxylation is 1. The van der Waals surface area contributed by atoms with Crippen molar-refractivity contribution in [2.75, 3.05) is 19.5 Å². The molecular weight excluding hydrogens is 346 g/mol. The predicted octanol–water partition coefficient (Wildman–Crippen LogP) is 3.58. The van der Waals surface area contributed by atoms with Crippen molar-refractivity contribution >= 4 is 28.7 Å². The first-order valence-electron chi connectivity index (χ1n) is 8.54. The molecule has 2 aromatic carbocycles. The molecule has 0 fully saturated rings. The van der Waals surface area contributed by atoms with E-state index in [9.17, 15) is 4.79 Å². The summed E-state index contributed by atoms with van der Waals surface area (Å²) in [5, 5.41) is 3.74. The summed E-state index contributed by atoms with van der Waals surface area (Å²) in [6.45, 7) is 4.49. The Kier molecular flexibility index (Phi) is 5.96. The van der Waals surface area contributed by atoms with Crippen LogP contribution in [0.25, 0.3) is 16.7 Å². The lowest BCUT2D eigenvalue weighted by Gasteiger charge is -2.13. The van der Waals surface area contributed by atoms with Gasteiger partial charge in [0, 0.05) is 18.8 Å². The number of benzene rings is 2. The number of nitrogens with zero attached hydrogens (tertiary/aromatic N) is 2. The minimum Gasteiger partial charge on any atom is -0.383 e. The van der Waals surface area contributed by atoms with Gasteiger partial charge in [0.15, 0.2) is 5.16 Å². The van der Waals surface area contributed by atoms with Crippen molar-refractivity contribution in [3.63, 3.8) is 0 Å². The summed E-state index contributed by atoms with van der Waals surface area (Å²) in [6, 6.07) is 16.3. The number of ether oxygens (including phenoxy) is 1. The van der Waals surface area contributed by atoms with Gasteiger partial charge in [0.25, 0.3) is 0 Å². The molecule has 6 heteroatoms. The Morgan fingerprint density at radius 3 is 2.85 bits per heavy atom. The van der Waals surface area contributed by atoms with E-state index in [4.69, 9.17) is 9.72 Å². The highest BCUT2D eigenvalue weighted by Gasteiger charge is 2.15.